The molecule has 0 saturated heterocycles. The van der Waals surface area contributed by atoms with Crippen LogP contribution in [0.4, 0.5) is 5.69 Å². The van der Waals surface area contributed by atoms with Crippen LogP contribution in [0.25, 0.3) is 0 Å². The molecule has 1 rings (SSSR count). The summed E-state index contributed by atoms with van der Waals surface area (Å²) in [5.41, 5.74) is 3.51. The Morgan fingerprint density at radius 3 is 3.11 bits per heavy atom. The summed E-state index contributed by atoms with van der Waals surface area (Å²) in [6, 6.07) is 0. The van der Waals surface area contributed by atoms with Crippen molar-refractivity contribution in [3.63, 3.8) is 0 Å². The first-order chi connectivity index (χ1) is 4.33. The second kappa shape index (κ2) is 2.30. The van der Waals surface area contributed by atoms with Crippen LogP contribution in [0.1, 0.15) is 0 Å². The van der Waals surface area contributed by atoms with Crippen molar-refractivity contribution in [3.8, 4) is 0 Å². The molecule has 1 aromatic rings. The van der Waals surface area contributed by atoms with Gasteiger partial charge in [0.1, 0.15) is 0 Å². The van der Waals surface area contributed by atoms with Gasteiger partial charge in [-0.25, -0.2) is 0 Å². The number of nitrogens with zero attached hydrogens (tertiary/aromatic N) is 3. The highest BCUT2D eigenvalue weighted by molar-refractivity contribution is 5.40. The molecular formula is C5H8N4. The number of aromatic nitrogens is 2. The molecule has 48 valence electrons. The largest absolute Gasteiger partial charge is 0.276 e. The summed E-state index contributed by atoms with van der Waals surface area (Å²) in [6.07, 6.45) is 3.49. The summed E-state index contributed by atoms with van der Waals surface area (Å²) in [4.78, 5) is 0. The molecule has 0 unspecified atom stereocenters. The zero-order valence-corrected chi connectivity index (χ0v) is 5.20. The summed E-state index contributed by atoms with van der Waals surface area (Å²) in [6.45, 7) is 3.27. The lowest BCUT2D eigenvalue weighted by Crippen LogP contribution is -1.85. The van der Waals surface area contributed by atoms with Crippen molar-refractivity contribution in [2.75, 3.05) is 5.43 Å². The van der Waals surface area contributed by atoms with Crippen molar-refractivity contribution >= 4 is 12.4 Å². The normalized spacial score (nSPS) is 9.00. The summed E-state index contributed by atoms with van der Waals surface area (Å²) in [5, 5.41) is 7.37. The maximum Gasteiger partial charge on any atom is 0.0940 e. The zero-order chi connectivity index (χ0) is 6.69. The SMILES string of the molecule is C=NNc1cnn(C)c1. The summed E-state index contributed by atoms with van der Waals surface area (Å²) in [5.74, 6) is 0. The molecule has 0 aliphatic carbocycles. The van der Waals surface area contributed by atoms with Crippen molar-refractivity contribution in [2.45, 2.75) is 0 Å². The molecule has 9 heavy (non-hydrogen) atoms. The van der Waals surface area contributed by atoms with Crippen LogP contribution in [0.15, 0.2) is 17.5 Å². The molecule has 0 atom stereocenters. The van der Waals surface area contributed by atoms with Gasteiger partial charge in [-0.15, -0.1) is 0 Å². The third-order valence-corrected chi connectivity index (χ3v) is 0.913. The second-order valence-corrected chi connectivity index (χ2v) is 1.67. The first-order valence-corrected chi connectivity index (χ1v) is 2.53. The Morgan fingerprint density at radius 1 is 1.89 bits per heavy atom. The van der Waals surface area contributed by atoms with Crippen LogP contribution in [0.3, 0.4) is 0 Å². The van der Waals surface area contributed by atoms with Gasteiger partial charge in [0.05, 0.1) is 11.9 Å². The highest BCUT2D eigenvalue weighted by atomic mass is 15.3. The van der Waals surface area contributed by atoms with E-state index in [4.69, 9.17) is 0 Å². The van der Waals surface area contributed by atoms with Crippen molar-refractivity contribution in [2.24, 2.45) is 12.1 Å². The van der Waals surface area contributed by atoms with Gasteiger partial charge >= 0.3 is 0 Å². The Bertz CT molecular complexity index is 202. The number of nitrogens with one attached hydrogen (secondary N) is 1. The van der Waals surface area contributed by atoms with Crippen LogP contribution < -0.4 is 5.43 Å². The lowest BCUT2D eigenvalue weighted by Gasteiger charge is -1.88. The van der Waals surface area contributed by atoms with E-state index in [2.05, 4.69) is 22.3 Å². The molecule has 1 heterocycles. The molecule has 1 N–H and O–H groups in total. The van der Waals surface area contributed by atoms with Gasteiger partial charge in [-0.3, -0.25) is 10.1 Å². The van der Waals surface area contributed by atoms with E-state index < -0.39 is 0 Å². The third-order valence-electron chi connectivity index (χ3n) is 0.913. The molecule has 0 spiro atoms. The van der Waals surface area contributed by atoms with Gasteiger partial charge in [-0.1, -0.05) is 0 Å². The number of aryl methyl sites for hydroxylation is 1. The molecule has 0 saturated carbocycles. The molecular weight excluding hydrogens is 116 g/mol. The lowest BCUT2D eigenvalue weighted by molar-refractivity contribution is 0.768. The predicted molar refractivity (Wildman–Crippen MR) is 36.4 cm³/mol. The highest BCUT2D eigenvalue weighted by Crippen LogP contribution is 2.01. The molecule has 1 aromatic heterocycles. The first-order valence-electron chi connectivity index (χ1n) is 2.53. The minimum absolute atomic E-state index is 0.854. The average molecular weight is 124 g/mol. The van der Waals surface area contributed by atoms with Gasteiger partial charge in [0.15, 0.2) is 0 Å². The van der Waals surface area contributed by atoms with Gasteiger partial charge in [-0.2, -0.15) is 10.2 Å². The lowest BCUT2D eigenvalue weighted by atomic mass is 10.6. The Morgan fingerprint density at radius 2 is 2.67 bits per heavy atom. The van der Waals surface area contributed by atoms with Crippen LogP contribution in [0.5, 0.6) is 0 Å². The molecule has 0 amide bonds. The van der Waals surface area contributed by atoms with E-state index in [-0.39, 0.29) is 0 Å². The molecule has 0 fully saturated rings. The maximum atomic E-state index is 3.90. The number of rotatable bonds is 2. The fourth-order valence-corrected chi connectivity index (χ4v) is 0.570. The summed E-state index contributed by atoms with van der Waals surface area (Å²) >= 11 is 0. The fourth-order valence-electron chi connectivity index (χ4n) is 0.570. The van der Waals surface area contributed by atoms with Gasteiger partial charge in [-0.05, 0) is 0 Å². The first kappa shape index (κ1) is 5.81. The van der Waals surface area contributed by atoms with Crippen LogP contribution in [-0.2, 0) is 7.05 Å². The molecule has 0 bridgehead atoms. The highest BCUT2D eigenvalue weighted by Gasteiger charge is 1.88. The van der Waals surface area contributed by atoms with E-state index in [1.54, 1.807) is 10.9 Å². The van der Waals surface area contributed by atoms with E-state index in [0.717, 1.165) is 5.69 Å². The van der Waals surface area contributed by atoms with E-state index in [1.165, 1.54) is 0 Å². The Balaban J connectivity index is 2.72. The molecule has 0 aromatic carbocycles. The zero-order valence-electron chi connectivity index (χ0n) is 5.20. The van der Waals surface area contributed by atoms with Gasteiger partial charge < -0.3 is 0 Å². The second-order valence-electron chi connectivity index (χ2n) is 1.67. The Labute approximate surface area is 53.2 Å². The maximum absolute atomic E-state index is 3.90. The average Bonchev–Trinajstić information content (AvgIpc) is 2.17. The smallest absolute Gasteiger partial charge is 0.0940 e. The van der Waals surface area contributed by atoms with Crippen molar-refractivity contribution in [3.05, 3.63) is 12.4 Å². The van der Waals surface area contributed by atoms with Crippen molar-refractivity contribution in [1.29, 1.82) is 0 Å². The van der Waals surface area contributed by atoms with Crippen LogP contribution >= 0.6 is 0 Å². The van der Waals surface area contributed by atoms with Gasteiger partial charge in [0, 0.05) is 20.0 Å². The van der Waals surface area contributed by atoms with Crippen LogP contribution in [0.2, 0.25) is 0 Å². The quantitative estimate of drug-likeness (QED) is 0.459. The molecule has 0 radical (unpaired) electrons. The summed E-state index contributed by atoms with van der Waals surface area (Å²) < 4.78 is 1.69. The minimum atomic E-state index is 0.854. The van der Waals surface area contributed by atoms with Crippen molar-refractivity contribution in [1.82, 2.24) is 9.78 Å². The van der Waals surface area contributed by atoms with E-state index in [0.29, 0.717) is 0 Å². The Hall–Kier alpha value is -1.32. The van der Waals surface area contributed by atoms with E-state index in [1.807, 2.05) is 13.2 Å². The van der Waals surface area contributed by atoms with Crippen molar-refractivity contribution < 1.29 is 0 Å². The standard InChI is InChI=1S/C5H8N4/c1-6-8-5-3-7-9(2)4-5/h3-4,8H,1H2,2H3. The number of hydrogen-bond donors (Lipinski definition) is 1. The van der Waals surface area contributed by atoms with E-state index >= 15 is 0 Å². The van der Waals surface area contributed by atoms with Crippen LogP contribution in [0, 0.1) is 0 Å². The molecule has 0 aliphatic heterocycles. The van der Waals surface area contributed by atoms with E-state index in [9.17, 15) is 0 Å². The van der Waals surface area contributed by atoms with Gasteiger partial charge in [0.25, 0.3) is 0 Å². The molecule has 4 nitrogen and oxygen atoms in total. The minimum Gasteiger partial charge on any atom is -0.276 e. The molecule has 0 aliphatic rings. The number of hydrazone groups is 1. The topological polar surface area (TPSA) is 42.2 Å². The molecule has 4 heteroatoms. The monoisotopic (exact) mass is 124 g/mol. The number of hydrogen-bond acceptors (Lipinski definition) is 3. The fraction of sp³-hybridized carbons (Fsp3) is 0.200. The Kier molecular flexibility index (Phi) is 1.48. The third kappa shape index (κ3) is 1.28. The summed E-state index contributed by atoms with van der Waals surface area (Å²) in [7, 11) is 1.84. The van der Waals surface area contributed by atoms with Crippen LogP contribution in [-0.4, -0.2) is 16.5 Å². The predicted octanol–water partition coefficient (Wildman–Crippen LogP) is 0.448. The van der Waals surface area contributed by atoms with Gasteiger partial charge in [0.2, 0.25) is 0 Å². The number of anilines is 1.